The van der Waals surface area contributed by atoms with Gasteiger partial charge in [-0.05, 0) is 79.4 Å². The molecule has 1 atom stereocenters. The Hall–Kier alpha value is -5.07. The maximum absolute atomic E-state index is 14.2. The first-order valence-electron chi connectivity index (χ1n) is 15.7. The van der Waals surface area contributed by atoms with Gasteiger partial charge in [-0.25, -0.2) is 0 Å². The lowest BCUT2D eigenvalue weighted by Crippen LogP contribution is -2.48. The summed E-state index contributed by atoms with van der Waals surface area (Å²) in [6.45, 7) is 1.76. The molecule has 1 aliphatic rings. The molecule has 250 valence electrons. The van der Waals surface area contributed by atoms with Crippen LogP contribution in [0.25, 0.3) is 11.4 Å². The molecule has 0 spiro atoms. The van der Waals surface area contributed by atoms with Gasteiger partial charge in [-0.2, -0.15) is 4.80 Å². The summed E-state index contributed by atoms with van der Waals surface area (Å²) in [6, 6.07) is 13.4. The Morgan fingerprint density at radius 1 is 0.915 bits per heavy atom. The topological polar surface area (TPSA) is 143 Å². The van der Waals surface area contributed by atoms with Crippen molar-refractivity contribution in [3.05, 3.63) is 65.6 Å². The van der Waals surface area contributed by atoms with Gasteiger partial charge in [-0.15, -0.1) is 10.2 Å². The first-order valence-corrected chi connectivity index (χ1v) is 15.7. The van der Waals surface area contributed by atoms with Crippen molar-refractivity contribution < 1.29 is 33.0 Å². The largest absolute Gasteiger partial charge is 0.493 e. The standard InChI is InChI=1S/C34H42N6O7/c1-22-11-14-28(47-22)32(34(42)35-25-9-7-6-8-10-25)39(18-17-23-12-15-26(43-2)29(19-23)45-4)31(41)21-40-37-33(36-38-40)24-13-16-27(44-3)30(20-24)46-5/h11-16,19-20,25,32H,6-10,17-18,21H2,1-5H3,(H,35,42)/t32-/m0/s1. The average Bonchev–Trinajstić information content (AvgIpc) is 3.75. The number of hydrogen-bond donors (Lipinski definition) is 1. The van der Waals surface area contributed by atoms with Gasteiger partial charge in [0.25, 0.3) is 5.91 Å². The second kappa shape index (κ2) is 15.5. The number of furan rings is 1. The summed E-state index contributed by atoms with van der Waals surface area (Å²) in [5, 5.41) is 16.0. The van der Waals surface area contributed by atoms with Gasteiger partial charge in [0.15, 0.2) is 29.0 Å². The number of nitrogens with zero attached hydrogens (tertiary/aromatic N) is 5. The molecule has 0 unspecified atom stereocenters. The van der Waals surface area contributed by atoms with Crippen LogP contribution in [0.3, 0.4) is 0 Å². The van der Waals surface area contributed by atoms with Gasteiger partial charge < -0.3 is 33.6 Å². The number of aryl methyl sites for hydroxylation is 1. The number of hydrogen-bond acceptors (Lipinski definition) is 10. The third kappa shape index (κ3) is 8.02. The molecule has 0 saturated heterocycles. The molecule has 5 rings (SSSR count). The second-order valence-electron chi connectivity index (χ2n) is 11.4. The van der Waals surface area contributed by atoms with Gasteiger partial charge >= 0.3 is 0 Å². The van der Waals surface area contributed by atoms with Gasteiger partial charge in [0, 0.05) is 18.2 Å². The maximum Gasteiger partial charge on any atom is 0.250 e. The van der Waals surface area contributed by atoms with Crippen LogP contribution in [-0.2, 0) is 22.6 Å². The molecule has 2 amide bonds. The fraction of sp³-hybridized carbons (Fsp3) is 0.441. The summed E-state index contributed by atoms with van der Waals surface area (Å²) < 4.78 is 27.6. The molecule has 2 aromatic carbocycles. The minimum absolute atomic E-state index is 0.0404. The van der Waals surface area contributed by atoms with E-state index in [2.05, 4.69) is 20.7 Å². The number of benzene rings is 2. The van der Waals surface area contributed by atoms with E-state index in [4.69, 9.17) is 23.4 Å². The van der Waals surface area contributed by atoms with E-state index >= 15 is 0 Å². The highest BCUT2D eigenvalue weighted by Gasteiger charge is 2.35. The first kappa shape index (κ1) is 33.3. The fourth-order valence-electron chi connectivity index (χ4n) is 5.85. The van der Waals surface area contributed by atoms with Crippen LogP contribution in [-0.4, -0.2) is 77.9 Å². The molecule has 1 saturated carbocycles. The molecular formula is C34H42N6O7. The zero-order valence-corrected chi connectivity index (χ0v) is 27.5. The molecule has 13 nitrogen and oxygen atoms in total. The van der Waals surface area contributed by atoms with E-state index in [0.29, 0.717) is 52.3 Å². The fourth-order valence-corrected chi connectivity index (χ4v) is 5.85. The van der Waals surface area contributed by atoms with Crippen molar-refractivity contribution in [1.29, 1.82) is 0 Å². The number of nitrogens with one attached hydrogen (secondary N) is 1. The maximum atomic E-state index is 14.2. The lowest BCUT2D eigenvalue weighted by Gasteiger charge is -2.32. The number of aromatic nitrogens is 4. The Morgan fingerprint density at radius 3 is 2.26 bits per heavy atom. The van der Waals surface area contributed by atoms with Crippen molar-refractivity contribution >= 4 is 11.8 Å². The van der Waals surface area contributed by atoms with Crippen molar-refractivity contribution in [2.45, 2.75) is 64.1 Å². The molecule has 1 fully saturated rings. The summed E-state index contributed by atoms with van der Waals surface area (Å²) in [7, 11) is 6.25. The molecular weight excluding hydrogens is 604 g/mol. The van der Waals surface area contributed by atoms with Gasteiger partial charge in [-0.3, -0.25) is 9.59 Å². The quantitative estimate of drug-likeness (QED) is 0.207. The number of tetrazole rings is 1. The molecule has 13 heteroatoms. The van der Waals surface area contributed by atoms with Crippen LogP contribution < -0.4 is 24.3 Å². The van der Waals surface area contributed by atoms with Crippen LogP contribution >= 0.6 is 0 Å². The molecule has 0 bridgehead atoms. The SMILES string of the molecule is COc1ccc(CCN(C(=O)Cn2nnc(-c3ccc(OC)c(OC)c3)n2)[C@H](C(=O)NC2CCCCC2)c2ccc(C)o2)cc1OC. The monoisotopic (exact) mass is 646 g/mol. The number of carbonyl (C=O) groups is 2. The van der Waals surface area contributed by atoms with Crippen LogP contribution in [0.2, 0.25) is 0 Å². The van der Waals surface area contributed by atoms with Crippen molar-refractivity contribution in [3.8, 4) is 34.4 Å². The third-order valence-electron chi connectivity index (χ3n) is 8.32. The van der Waals surface area contributed by atoms with E-state index in [-0.39, 0.29) is 30.9 Å². The summed E-state index contributed by atoms with van der Waals surface area (Å²) in [5.41, 5.74) is 1.54. The Balaban J connectivity index is 1.44. The normalized spacial score (nSPS) is 13.9. The highest BCUT2D eigenvalue weighted by atomic mass is 16.5. The van der Waals surface area contributed by atoms with E-state index in [1.54, 1.807) is 58.8 Å². The van der Waals surface area contributed by atoms with Gasteiger partial charge in [0.1, 0.15) is 18.1 Å². The zero-order chi connectivity index (χ0) is 33.3. The first-order chi connectivity index (χ1) is 22.8. The highest BCUT2D eigenvalue weighted by molar-refractivity contribution is 5.88. The summed E-state index contributed by atoms with van der Waals surface area (Å²) in [5.74, 6) is 2.92. The van der Waals surface area contributed by atoms with E-state index in [9.17, 15) is 9.59 Å². The van der Waals surface area contributed by atoms with E-state index in [1.165, 1.54) is 9.70 Å². The molecule has 1 aliphatic carbocycles. The summed E-state index contributed by atoms with van der Waals surface area (Å²) in [6.07, 6.45) is 5.49. The van der Waals surface area contributed by atoms with Crippen LogP contribution in [0.5, 0.6) is 23.0 Å². The number of methoxy groups -OCH3 is 4. The van der Waals surface area contributed by atoms with E-state index in [0.717, 1.165) is 37.7 Å². The molecule has 47 heavy (non-hydrogen) atoms. The van der Waals surface area contributed by atoms with Crippen LogP contribution in [0.4, 0.5) is 0 Å². The molecule has 0 radical (unpaired) electrons. The predicted octanol–water partition coefficient (Wildman–Crippen LogP) is 4.54. The zero-order valence-electron chi connectivity index (χ0n) is 27.5. The molecule has 2 heterocycles. The van der Waals surface area contributed by atoms with Gasteiger partial charge in [0.2, 0.25) is 11.7 Å². The minimum atomic E-state index is -1.01. The Bertz CT molecular complexity index is 1660. The average molecular weight is 647 g/mol. The van der Waals surface area contributed by atoms with Crippen molar-refractivity contribution in [1.82, 2.24) is 30.4 Å². The van der Waals surface area contributed by atoms with Crippen molar-refractivity contribution in [2.24, 2.45) is 0 Å². The number of ether oxygens (including phenoxy) is 4. The Kier molecular flexibility index (Phi) is 11.0. The molecule has 4 aromatic rings. The lowest BCUT2D eigenvalue weighted by atomic mass is 9.95. The van der Waals surface area contributed by atoms with Gasteiger partial charge in [-0.1, -0.05) is 25.3 Å². The van der Waals surface area contributed by atoms with E-state index in [1.807, 2.05) is 25.1 Å². The van der Waals surface area contributed by atoms with Crippen LogP contribution in [0.1, 0.15) is 55.2 Å². The van der Waals surface area contributed by atoms with Crippen LogP contribution in [0.15, 0.2) is 52.9 Å². The third-order valence-corrected chi connectivity index (χ3v) is 8.32. The molecule has 2 aromatic heterocycles. The highest BCUT2D eigenvalue weighted by Crippen LogP contribution is 2.32. The van der Waals surface area contributed by atoms with Crippen molar-refractivity contribution in [2.75, 3.05) is 35.0 Å². The van der Waals surface area contributed by atoms with E-state index < -0.39 is 6.04 Å². The predicted molar refractivity (Wildman–Crippen MR) is 173 cm³/mol. The summed E-state index contributed by atoms with van der Waals surface area (Å²) in [4.78, 5) is 31.0. The second-order valence-corrected chi connectivity index (χ2v) is 11.4. The molecule has 1 N–H and O–H groups in total. The van der Waals surface area contributed by atoms with Crippen molar-refractivity contribution in [3.63, 3.8) is 0 Å². The number of rotatable bonds is 14. The molecule has 0 aliphatic heterocycles. The van der Waals surface area contributed by atoms with Gasteiger partial charge in [0.05, 0.1) is 28.4 Å². The Labute approximate surface area is 274 Å². The smallest absolute Gasteiger partial charge is 0.250 e. The summed E-state index contributed by atoms with van der Waals surface area (Å²) >= 11 is 0. The van der Waals surface area contributed by atoms with Crippen LogP contribution in [0, 0.1) is 6.92 Å². The number of carbonyl (C=O) groups excluding carboxylic acids is 2. The Morgan fingerprint density at radius 2 is 1.60 bits per heavy atom. The number of amides is 2. The lowest BCUT2D eigenvalue weighted by molar-refractivity contribution is -0.142. The minimum Gasteiger partial charge on any atom is -0.493 e.